The van der Waals surface area contributed by atoms with Gasteiger partial charge >= 0.3 is 0 Å². The average Bonchev–Trinajstić information content (AvgIpc) is 3.56. The molecule has 1 fully saturated rings. The van der Waals surface area contributed by atoms with Crippen molar-refractivity contribution in [3.05, 3.63) is 156 Å². The van der Waals surface area contributed by atoms with Crippen molar-refractivity contribution >= 4 is 34.5 Å². The predicted octanol–water partition coefficient (Wildman–Crippen LogP) is 0.990. The first-order chi connectivity index (χ1) is 23.7. The lowest BCUT2D eigenvalue weighted by molar-refractivity contribution is -2.00. The Bertz CT molecular complexity index is 1970. The Morgan fingerprint density at radius 1 is 0.653 bits per heavy atom. The second-order valence-electron chi connectivity index (χ2n) is 12.2. The number of benzene rings is 4. The summed E-state index contributed by atoms with van der Waals surface area (Å²) in [5, 5.41) is 3.71. The van der Waals surface area contributed by atoms with Crippen molar-refractivity contribution in [2.75, 3.05) is 18.0 Å². The van der Waals surface area contributed by atoms with E-state index in [-0.39, 0.29) is 11.5 Å². The van der Waals surface area contributed by atoms with Gasteiger partial charge in [0.05, 0.1) is 0 Å². The molecule has 2 aromatic heterocycles. The minimum absolute atomic E-state index is 0.0968. The third-order valence-electron chi connectivity index (χ3n) is 9.13. The van der Waals surface area contributed by atoms with Crippen molar-refractivity contribution in [2.24, 2.45) is 5.92 Å². The van der Waals surface area contributed by atoms with Gasteiger partial charge in [0.2, 0.25) is 5.89 Å². The lowest BCUT2D eigenvalue weighted by Gasteiger charge is -2.42. The molecule has 2 aliphatic rings. The van der Waals surface area contributed by atoms with Crippen LogP contribution in [0.3, 0.4) is 0 Å². The highest BCUT2D eigenvalue weighted by Crippen LogP contribution is 2.56. The van der Waals surface area contributed by atoms with E-state index in [0.29, 0.717) is 11.8 Å². The van der Waals surface area contributed by atoms with Crippen LogP contribution >= 0.6 is 7.26 Å². The summed E-state index contributed by atoms with van der Waals surface area (Å²) in [7, 11) is -7.46. The van der Waals surface area contributed by atoms with Gasteiger partial charge in [-0.15, -0.1) is 10.2 Å². The van der Waals surface area contributed by atoms with Crippen LogP contribution in [0.4, 0.5) is 5.88 Å². The van der Waals surface area contributed by atoms with Crippen LogP contribution in [0.5, 0.6) is 0 Å². The monoisotopic (exact) mass is 693 g/mol. The predicted molar refractivity (Wildman–Crippen MR) is 180 cm³/mol. The highest BCUT2D eigenvalue weighted by Gasteiger charge is 2.54. The number of oxazole rings is 1. The van der Waals surface area contributed by atoms with Gasteiger partial charge in [-0.2, -0.15) is 4.98 Å². The molecule has 248 valence electrons. The van der Waals surface area contributed by atoms with Crippen LogP contribution in [0.1, 0.15) is 18.0 Å². The van der Waals surface area contributed by atoms with E-state index in [4.69, 9.17) is 28.0 Å². The molecule has 0 saturated carbocycles. The van der Waals surface area contributed by atoms with Gasteiger partial charge in [0.1, 0.15) is 15.9 Å². The summed E-state index contributed by atoms with van der Waals surface area (Å²) >= 11 is 0. The topological polar surface area (TPSA) is 144 Å². The minimum Gasteiger partial charge on any atom is -0.416 e. The van der Waals surface area contributed by atoms with Gasteiger partial charge in [-0.1, -0.05) is 78.9 Å². The molecule has 0 aliphatic carbocycles. The molecule has 2 bridgehead atoms. The number of piperidine rings is 1. The molecule has 0 radical (unpaired) electrons. The van der Waals surface area contributed by atoms with Crippen LogP contribution in [0.15, 0.2) is 149 Å². The van der Waals surface area contributed by atoms with E-state index in [1.165, 1.54) is 15.9 Å². The summed E-state index contributed by atoms with van der Waals surface area (Å²) < 4.78 is 42.9. The van der Waals surface area contributed by atoms with E-state index < -0.39 is 17.5 Å². The summed E-state index contributed by atoms with van der Waals surface area (Å²) in [5.74, 6) is 2.06. The van der Waals surface area contributed by atoms with Crippen molar-refractivity contribution < 1.29 is 33.3 Å². The third-order valence-corrected chi connectivity index (χ3v) is 13.3. The van der Waals surface area contributed by atoms with Gasteiger partial charge in [0.25, 0.3) is 16.9 Å². The van der Waals surface area contributed by atoms with Crippen LogP contribution in [0.2, 0.25) is 0 Å². The van der Waals surface area contributed by atoms with Gasteiger partial charge in [-0.25, -0.2) is 18.6 Å². The summed E-state index contributed by atoms with van der Waals surface area (Å²) in [4.78, 5) is 20.7. The molecule has 2 aliphatic heterocycles. The quantitative estimate of drug-likeness (QED) is 0.235. The number of aromatic nitrogens is 2. The van der Waals surface area contributed by atoms with Crippen molar-refractivity contribution in [2.45, 2.75) is 18.9 Å². The van der Waals surface area contributed by atoms with Crippen LogP contribution < -0.4 is 50.4 Å². The second kappa shape index (κ2) is 13.7. The third kappa shape index (κ3) is 6.70. The summed E-state index contributed by atoms with van der Waals surface area (Å²) in [5.41, 5.74) is 3.17. The first kappa shape index (κ1) is 32.9. The number of fused-ring (bicyclic) bond motifs is 4. The lowest BCUT2D eigenvalue weighted by atomic mass is 9.83. The molecule has 2 atom stereocenters. The van der Waals surface area contributed by atoms with Crippen LogP contribution in [0, 0.1) is 16.2 Å². The normalized spacial score (nSPS) is 17.1. The molecule has 49 heavy (non-hydrogen) atoms. The molecule has 0 unspecified atom stereocenters. The van der Waals surface area contributed by atoms with Crippen molar-refractivity contribution in [1.29, 1.82) is 0 Å². The number of hydrogen-bond donors (Lipinski definition) is 0. The molecule has 6 aromatic rings. The van der Waals surface area contributed by atoms with Crippen LogP contribution in [-0.2, 0) is 6.54 Å². The van der Waals surface area contributed by atoms with Crippen molar-refractivity contribution in [3.8, 4) is 11.5 Å². The van der Waals surface area contributed by atoms with E-state index in [0.717, 1.165) is 48.6 Å². The number of halogens is 1. The molecule has 0 N–H and O–H groups in total. The van der Waals surface area contributed by atoms with Gasteiger partial charge in [0, 0.05) is 42.9 Å². The number of nitrogens with zero attached hydrogens (tertiary/aromatic N) is 3. The molecule has 9 nitrogen and oxygen atoms in total. The molecular formula is C38H33ClN3O6P. The molecule has 1 saturated heterocycles. The first-order valence-electron chi connectivity index (χ1n) is 15.9. The van der Waals surface area contributed by atoms with Gasteiger partial charge in [-0.05, 0) is 66.9 Å². The number of anilines is 1. The molecular weight excluding hydrogens is 661 g/mol. The number of hydrogen-bond acceptors (Lipinski definition) is 8. The first-order valence-corrected chi connectivity index (χ1v) is 18.9. The SMILES string of the molecule is O=c1cccc2n1C[C@H]1C[C@H]2CN(c2oc(-c3ccccc3)nc2[P+](c2ccccc2)(c2ccccc2)c2ccccc2)C1.[O-][Cl+3]([O-])([O-])[O-]. The maximum absolute atomic E-state index is 12.8. The minimum atomic E-state index is -4.94. The molecule has 0 amide bonds. The van der Waals surface area contributed by atoms with Crippen molar-refractivity contribution in [3.63, 3.8) is 0 Å². The maximum Gasteiger partial charge on any atom is 0.262 e. The van der Waals surface area contributed by atoms with E-state index in [9.17, 15) is 4.79 Å². The Kier molecular flexibility index (Phi) is 9.22. The molecule has 0 spiro atoms. The Morgan fingerprint density at radius 2 is 1.16 bits per heavy atom. The Labute approximate surface area is 286 Å². The van der Waals surface area contributed by atoms with Gasteiger partial charge in [-0.3, -0.25) is 4.79 Å². The van der Waals surface area contributed by atoms with E-state index >= 15 is 0 Å². The Balaban J connectivity index is 0.000000707. The zero-order valence-corrected chi connectivity index (χ0v) is 28.0. The zero-order chi connectivity index (χ0) is 34.0. The Morgan fingerprint density at radius 3 is 1.69 bits per heavy atom. The van der Waals surface area contributed by atoms with Crippen LogP contribution in [-0.4, -0.2) is 22.6 Å². The summed E-state index contributed by atoms with van der Waals surface area (Å²) in [6.45, 7) is 2.31. The fourth-order valence-electron chi connectivity index (χ4n) is 7.26. The largest absolute Gasteiger partial charge is 0.416 e. The second-order valence-corrected chi connectivity index (χ2v) is 16.2. The fourth-order valence-corrected chi connectivity index (χ4v) is 11.5. The van der Waals surface area contributed by atoms with E-state index in [1.807, 2.05) is 28.8 Å². The fraction of sp³-hybridized carbons (Fsp3) is 0.158. The zero-order valence-electron chi connectivity index (χ0n) is 26.4. The smallest absolute Gasteiger partial charge is 0.262 e. The molecule has 11 heteroatoms. The highest BCUT2D eigenvalue weighted by molar-refractivity contribution is 8.01. The average molecular weight is 694 g/mol. The Hall–Kier alpha value is -4.60. The number of pyridine rings is 1. The van der Waals surface area contributed by atoms with E-state index in [2.05, 4.69) is 114 Å². The standard InChI is InChI=1S/C38H33N3O2P.ClHO4/c42-35-23-13-22-34-30-24-28(26-41(34)35)25-40(27-30)38-37(39-36(43-38)29-14-5-1-6-15-29)44(31-16-7-2-8-17-31,32-18-9-3-10-19-32)33-20-11-4-12-21-33;2-1(3,4)5/h1-23,28,30H,24-27H2;(H,2,3,4,5)/q+1;/p-1/t28-,30-;/m0./s1. The van der Waals surface area contributed by atoms with Gasteiger partial charge < -0.3 is 13.9 Å². The van der Waals surface area contributed by atoms with Gasteiger partial charge in [0.15, 0.2) is 7.26 Å². The summed E-state index contributed by atoms with van der Waals surface area (Å²) in [6, 6.07) is 48.5. The molecule has 8 rings (SSSR count). The van der Waals surface area contributed by atoms with Crippen LogP contribution in [0.25, 0.3) is 11.5 Å². The van der Waals surface area contributed by atoms with E-state index in [1.54, 1.807) is 6.07 Å². The summed E-state index contributed by atoms with van der Waals surface area (Å²) in [6.07, 6.45) is 1.07. The molecule has 4 heterocycles. The van der Waals surface area contributed by atoms with Crippen molar-refractivity contribution in [1.82, 2.24) is 9.55 Å². The number of rotatable bonds is 6. The molecule has 4 aromatic carbocycles. The maximum atomic E-state index is 12.8. The highest BCUT2D eigenvalue weighted by atomic mass is 35.7. The lowest BCUT2D eigenvalue weighted by Crippen LogP contribution is -2.68.